The first-order chi connectivity index (χ1) is 12.0. The number of fused-ring (bicyclic) bond motifs is 1. The molecule has 2 aromatic heterocycles. The minimum absolute atomic E-state index is 0.0105. The molecule has 0 radical (unpaired) electrons. The van der Waals surface area contributed by atoms with E-state index in [0.29, 0.717) is 29.9 Å². The third-order valence-electron chi connectivity index (χ3n) is 4.56. The Labute approximate surface area is 145 Å². The Bertz CT molecular complexity index is 825. The lowest BCUT2D eigenvalue weighted by molar-refractivity contribution is -0.136. The van der Waals surface area contributed by atoms with Crippen LogP contribution in [-0.4, -0.2) is 66.7 Å². The van der Waals surface area contributed by atoms with E-state index < -0.39 is 0 Å². The van der Waals surface area contributed by atoms with Crippen molar-refractivity contribution in [2.45, 2.75) is 18.8 Å². The van der Waals surface area contributed by atoms with E-state index in [0.717, 1.165) is 18.5 Å². The quantitative estimate of drug-likeness (QED) is 0.879. The fraction of sp³-hybridized carbons (Fsp3) is 0.529. The van der Waals surface area contributed by atoms with Crippen LogP contribution in [0.25, 0.3) is 10.9 Å². The fourth-order valence-electron chi connectivity index (χ4n) is 3.14. The molecule has 1 N–H and O–H groups in total. The lowest BCUT2D eigenvalue weighted by Crippen LogP contribution is -2.40. The highest BCUT2D eigenvalue weighted by atomic mass is 16.5. The van der Waals surface area contributed by atoms with Crippen molar-refractivity contribution >= 4 is 22.8 Å². The first kappa shape index (κ1) is 17.3. The number of aromatic amines is 1. The van der Waals surface area contributed by atoms with Gasteiger partial charge in [-0.2, -0.15) is 0 Å². The topological polar surface area (TPSA) is 91.4 Å². The molecule has 1 aliphatic rings. The summed E-state index contributed by atoms with van der Waals surface area (Å²) in [4.78, 5) is 39.5. The molecule has 1 saturated heterocycles. The standard InChI is InChI=1S/C17H23N5O3/c1-21(2)17-18-9-12-14(20-17)8-13(19-16(12)24)11-4-6-22(7-5-11)15(23)10-25-3/h8-9,11H,4-7,10H2,1-3H3,(H,19,24). The molecule has 3 rings (SSSR count). The number of nitrogens with zero attached hydrogens (tertiary/aromatic N) is 4. The van der Waals surface area contributed by atoms with Crippen molar-refractivity contribution in [2.75, 3.05) is 45.8 Å². The van der Waals surface area contributed by atoms with Crippen LogP contribution in [0.1, 0.15) is 24.5 Å². The normalized spacial score (nSPS) is 15.6. The van der Waals surface area contributed by atoms with Crippen LogP contribution in [0.4, 0.5) is 5.95 Å². The van der Waals surface area contributed by atoms with Crippen molar-refractivity contribution in [3.8, 4) is 0 Å². The average Bonchev–Trinajstić information content (AvgIpc) is 2.61. The van der Waals surface area contributed by atoms with Gasteiger partial charge in [-0.05, 0) is 18.9 Å². The summed E-state index contributed by atoms with van der Waals surface area (Å²) in [6.07, 6.45) is 3.18. The number of methoxy groups -OCH3 is 1. The summed E-state index contributed by atoms with van der Waals surface area (Å²) >= 11 is 0. The van der Waals surface area contributed by atoms with Gasteiger partial charge in [-0.3, -0.25) is 9.59 Å². The van der Waals surface area contributed by atoms with Gasteiger partial charge in [-0.25, -0.2) is 9.97 Å². The Hall–Kier alpha value is -2.48. The maximum Gasteiger partial charge on any atom is 0.259 e. The van der Waals surface area contributed by atoms with E-state index in [4.69, 9.17) is 4.74 Å². The Kier molecular flexibility index (Phi) is 4.98. The second-order valence-corrected chi connectivity index (χ2v) is 6.51. The van der Waals surface area contributed by atoms with Gasteiger partial charge >= 0.3 is 0 Å². The summed E-state index contributed by atoms with van der Waals surface area (Å²) in [7, 11) is 5.25. The van der Waals surface area contributed by atoms with Crippen molar-refractivity contribution < 1.29 is 9.53 Å². The van der Waals surface area contributed by atoms with E-state index in [1.54, 1.807) is 11.1 Å². The van der Waals surface area contributed by atoms with Gasteiger partial charge < -0.3 is 19.5 Å². The molecule has 0 bridgehead atoms. The molecule has 3 heterocycles. The van der Waals surface area contributed by atoms with Crippen LogP contribution in [0.15, 0.2) is 17.1 Å². The number of hydrogen-bond donors (Lipinski definition) is 1. The van der Waals surface area contributed by atoms with Crippen molar-refractivity contribution in [1.82, 2.24) is 19.9 Å². The maximum absolute atomic E-state index is 12.4. The van der Waals surface area contributed by atoms with E-state index in [2.05, 4.69) is 15.0 Å². The molecule has 8 heteroatoms. The number of nitrogens with one attached hydrogen (secondary N) is 1. The zero-order valence-corrected chi connectivity index (χ0v) is 14.8. The van der Waals surface area contributed by atoms with E-state index >= 15 is 0 Å². The summed E-state index contributed by atoms with van der Waals surface area (Å²) < 4.78 is 4.91. The molecule has 2 aromatic rings. The van der Waals surface area contributed by atoms with Crippen molar-refractivity contribution in [3.05, 3.63) is 28.3 Å². The lowest BCUT2D eigenvalue weighted by Gasteiger charge is -2.31. The van der Waals surface area contributed by atoms with Crippen LogP contribution < -0.4 is 10.5 Å². The number of pyridine rings is 1. The molecule has 8 nitrogen and oxygen atoms in total. The zero-order valence-electron chi connectivity index (χ0n) is 14.8. The number of amides is 1. The number of ether oxygens (including phenoxy) is 1. The largest absolute Gasteiger partial charge is 0.375 e. The number of anilines is 1. The molecule has 134 valence electrons. The molecular weight excluding hydrogens is 322 g/mol. The molecular formula is C17H23N5O3. The predicted molar refractivity (Wildman–Crippen MR) is 94.9 cm³/mol. The summed E-state index contributed by atoms with van der Waals surface area (Å²) in [5.41, 5.74) is 1.35. The fourth-order valence-corrected chi connectivity index (χ4v) is 3.14. The highest BCUT2D eigenvalue weighted by Crippen LogP contribution is 2.27. The second kappa shape index (κ2) is 7.18. The van der Waals surface area contributed by atoms with Crippen LogP contribution in [0, 0.1) is 0 Å². The molecule has 0 unspecified atom stereocenters. The van der Waals surface area contributed by atoms with Crippen LogP contribution in [-0.2, 0) is 9.53 Å². The Balaban J connectivity index is 1.82. The number of aromatic nitrogens is 3. The van der Waals surface area contributed by atoms with Crippen LogP contribution in [0.5, 0.6) is 0 Å². The maximum atomic E-state index is 12.4. The molecule has 0 aromatic carbocycles. The Morgan fingerprint density at radius 1 is 1.40 bits per heavy atom. The number of likely N-dealkylation sites (tertiary alicyclic amines) is 1. The van der Waals surface area contributed by atoms with Gasteiger partial charge in [-0.15, -0.1) is 0 Å². The summed E-state index contributed by atoms with van der Waals surface area (Å²) in [6.45, 7) is 1.45. The SMILES string of the molecule is COCC(=O)N1CCC(c2cc3nc(N(C)C)ncc3c(=O)[nH]2)CC1. The third kappa shape index (κ3) is 3.63. The van der Waals surface area contributed by atoms with Gasteiger partial charge in [-0.1, -0.05) is 0 Å². The molecule has 1 aliphatic heterocycles. The number of carbonyl (C=O) groups is 1. The van der Waals surface area contributed by atoms with E-state index in [1.165, 1.54) is 7.11 Å². The van der Waals surface area contributed by atoms with Crippen molar-refractivity contribution in [1.29, 1.82) is 0 Å². The molecule has 0 atom stereocenters. The van der Waals surface area contributed by atoms with Crippen molar-refractivity contribution in [3.63, 3.8) is 0 Å². The number of H-pyrrole nitrogens is 1. The average molecular weight is 345 g/mol. The van der Waals surface area contributed by atoms with Crippen LogP contribution >= 0.6 is 0 Å². The predicted octanol–water partition coefficient (Wildman–Crippen LogP) is 0.737. The van der Waals surface area contributed by atoms with Gasteiger partial charge in [0.25, 0.3) is 5.56 Å². The molecule has 0 saturated carbocycles. The van der Waals surface area contributed by atoms with Gasteiger partial charge in [0.2, 0.25) is 11.9 Å². The highest BCUT2D eigenvalue weighted by Gasteiger charge is 2.24. The molecule has 0 aliphatic carbocycles. The Morgan fingerprint density at radius 3 is 2.76 bits per heavy atom. The molecule has 1 fully saturated rings. The summed E-state index contributed by atoms with van der Waals surface area (Å²) in [5.74, 6) is 0.793. The van der Waals surface area contributed by atoms with Gasteiger partial charge in [0.1, 0.15) is 6.61 Å². The lowest BCUT2D eigenvalue weighted by atomic mass is 9.92. The molecule has 1 amide bonds. The van der Waals surface area contributed by atoms with Gasteiger partial charge in [0.15, 0.2) is 0 Å². The number of piperidine rings is 1. The third-order valence-corrected chi connectivity index (χ3v) is 4.56. The van der Waals surface area contributed by atoms with E-state index in [9.17, 15) is 9.59 Å². The number of carbonyl (C=O) groups excluding carboxylic acids is 1. The van der Waals surface area contributed by atoms with Crippen LogP contribution in [0.3, 0.4) is 0 Å². The first-order valence-electron chi connectivity index (χ1n) is 8.33. The monoisotopic (exact) mass is 345 g/mol. The number of rotatable bonds is 4. The van der Waals surface area contributed by atoms with E-state index in [-0.39, 0.29) is 24.0 Å². The Morgan fingerprint density at radius 2 is 2.12 bits per heavy atom. The summed E-state index contributed by atoms with van der Waals surface area (Å²) in [5, 5.41) is 0.488. The minimum atomic E-state index is -0.171. The zero-order chi connectivity index (χ0) is 18.0. The smallest absolute Gasteiger partial charge is 0.259 e. The molecule has 0 spiro atoms. The molecule has 25 heavy (non-hydrogen) atoms. The highest BCUT2D eigenvalue weighted by molar-refractivity contribution is 5.78. The van der Waals surface area contributed by atoms with Crippen molar-refractivity contribution in [2.24, 2.45) is 0 Å². The second-order valence-electron chi connectivity index (χ2n) is 6.51. The van der Waals surface area contributed by atoms with Gasteiger partial charge in [0, 0.05) is 52.1 Å². The minimum Gasteiger partial charge on any atom is -0.375 e. The first-order valence-corrected chi connectivity index (χ1v) is 8.33. The van der Waals surface area contributed by atoms with Crippen LogP contribution in [0.2, 0.25) is 0 Å². The van der Waals surface area contributed by atoms with E-state index in [1.807, 2.05) is 25.1 Å². The summed E-state index contributed by atoms with van der Waals surface area (Å²) in [6, 6.07) is 1.93. The number of hydrogen-bond acceptors (Lipinski definition) is 6. The van der Waals surface area contributed by atoms with Gasteiger partial charge in [0.05, 0.1) is 10.9 Å².